The molecule has 0 bridgehead atoms. The van der Waals surface area contributed by atoms with Crippen LogP contribution in [0.4, 0.5) is 24.5 Å². The SMILES string of the molecule is CC(C)(C)c1ccccc1N1C(=O)CS/C1=N/N=C\c1ccc(C(N)=NC=Nc2ccc(OC(F)(F)F)cc2)cc1. The topological polar surface area (TPSA) is 105 Å². The van der Waals surface area contributed by atoms with Crippen LogP contribution in [0.1, 0.15) is 37.5 Å². The van der Waals surface area contributed by atoms with Crippen LogP contribution in [-0.4, -0.2) is 41.6 Å². The minimum Gasteiger partial charge on any atom is -0.406 e. The van der Waals surface area contributed by atoms with Gasteiger partial charge in [0.15, 0.2) is 5.17 Å². The Morgan fingerprint density at radius 1 is 1.00 bits per heavy atom. The summed E-state index contributed by atoms with van der Waals surface area (Å²) in [5.41, 5.74) is 9.50. The van der Waals surface area contributed by atoms with Gasteiger partial charge in [-0.2, -0.15) is 5.10 Å². The highest BCUT2D eigenvalue weighted by Gasteiger charge is 2.33. The maximum Gasteiger partial charge on any atom is 0.573 e. The van der Waals surface area contributed by atoms with Crippen molar-refractivity contribution < 1.29 is 22.7 Å². The molecule has 8 nitrogen and oxygen atoms in total. The number of nitrogens with zero attached hydrogens (tertiary/aromatic N) is 5. The minimum absolute atomic E-state index is 0.0456. The molecule has 0 aromatic heterocycles. The molecular weight excluding hydrogens is 553 g/mol. The number of benzene rings is 3. The summed E-state index contributed by atoms with van der Waals surface area (Å²) in [6, 6.07) is 19.9. The Kier molecular flexibility index (Phi) is 8.92. The number of amidine groups is 2. The number of aliphatic imine (C=N–C) groups is 2. The molecule has 1 fully saturated rings. The van der Waals surface area contributed by atoms with Crippen LogP contribution in [0.5, 0.6) is 5.75 Å². The zero-order valence-electron chi connectivity index (χ0n) is 22.5. The maximum atomic E-state index is 12.7. The number of nitrogens with two attached hydrogens (primary N) is 1. The average molecular weight is 581 g/mol. The van der Waals surface area contributed by atoms with Gasteiger partial charge in [-0.3, -0.25) is 9.69 Å². The van der Waals surface area contributed by atoms with Crippen LogP contribution >= 0.6 is 11.8 Å². The third-order valence-electron chi connectivity index (χ3n) is 5.75. The number of anilines is 1. The van der Waals surface area contributed by atoms with Gasteiger partial charge in [-0.25, -0.2) is 9.98 Å². The van der Waals surface area contributed by atoms with E-state index in [0.29, 0.717) is 22.2 Å². The van der Waals surface area contributed by atoms with Crippen molar-refractivity contribution in [1.29, 1.82) is 0 Å². The van der Waals surface area contributed by atoms with E-state index in [1.165, 1.54) is 30.2 Å². The number of hydrogen-bond donors (Lipinski definition) is 1. The molecule has 1 aliphatic rings. The fourth-order valence-corrected chi connectivity index (χ4v) is 4.64. The van der Waals surface area contributed by atoms with Gasteiger partial charge in [0.05, 0.1) is 23.3 Å². The Morgan fingerprint density at radius 3 is 2.34 bits per heavy atom. The third kappa shape index (κ3) is 8.04. The van der Waals surface area contributed by atoms with Crippen LogP contribution in [-0.2, 0) is 10.2 Å². The van der Waals surface area contributed by atoms with Gasteiger partial charge in [-0.05, 0) is 46.9 Å². The molecule has 0 unspecified atom stereocenters. The molecule has 1 heterocycles. The zero-order chi connectivity index (χ0) is 29.6. The number of para-hydroxylation sites is 1. The molecule has 41 heavy (non-hydrogen) atoms. The molecule has 2 N–H and O–H groups in total. The summed E-state index contributed by atoms with van der Waals surface area (Å²) < 4.78 is 40.6. The number of hydrogen-bond acceptors (Lipinski definition) is 6. The van der Waals surface area contributed by atoms with Gasteiger partial charge in [0.1, 0.15) is 17.9 Å². The minimum atomic E-state index is -4.76. The Hall–Kier alpha value is -4.45. The number of halogens is 3. The fourth-order valence-electron chi connectivity index (χ4n) is 3.83. The number of amides is 1. The van der Waals surface area contributed by atoms with Crippen molar-refractivity contribution in [2.75, 3.05) is 10.7 Å². The van der Waals surface area contributed by atoms with Crippen molar-refractivity contribution in [1.82, 2.24) is 0 Å². The van der Waals surface area contributed by atoms with Crippen molar-refractivity contribution >= 4 is 52.6 Å². The number of carbonyl (C=O) groups excluding carboxylic acids is 1. The van der Waals surface area contributed by atoms with E-state index in [1.54, 1.807) is 35.4 Å². The van der Waals surface area contributed by atoms with E-state index in [2.05, 4.69) is 45.7 Å². The normalized spacial score (nSPS) is 16.0. The number of ether oxygens (including phenoxy) is 1. The first-order chi connectivity index (χ1) is 19.4. The molecule has 0 saturated carbocycles. The van der Waals surface area contributed by atoms with Crippen LogP contribution in [0.3, 0.4) is 0 Å². The monoisotopic (exact) mass is 580 g/mol. The van der Waals surface area contributed by atoms with E-state index in [4.69, 9.17) is 5.73 Å². The largest absolute Gasteiger partial charge is 0.573 e. The lowest BCUT2D eigenvalue weighted by molar-refractivity contribution is -0.274. The Morgan fingerprint density at radius 2 is 1.68 bits per heavy atom. The second-order valence-corrected chi connectivity index (χ2v) is 10.8. The molecule has 12 heteroatoms. The summed E-state index contributed by atoms with van der Waals surface area (Å²) in [4.78, 5) is 22.5. The van der Waals surface area contributed by atoms with Gasteiger partial charge in [0, 0.05) is 5.56 Å². The first-order valence-corrected chi connectivity index (χ1v) is 13.4. The van der Waals surface area contributed by atoms with Crippen LogP contribution in [0.25, 0.3) is 0 Å². The molecule has 212 valence electrons. The van der Waals surface area contributed by atoms with Gasteiger partial charge < -0.3 is 10.5 Å². The predicted molar refractivity (Wildman–Crippen MR) is 159 cm³/mol. The van der Waals surface area contributed by atoms with Crippen LogP contribution in [0.2, 0.25) is 0 Å². The number of thioether (sulfide) groups is 1. The number of alkyl halides is 3. The van der Waals surface area contributed by atoms with Crippen molar-refractivity contribution in [3.8, 4) is 5.75 Å². The van der Waals surface area contributed by atoms with Crippen molar-refractivity contribution in [3.05, 3.63) is 89.5 Å². The zero-order valence-corrected chi connectivity index (χ0v) is 23.3. The summed E-state index contributed by atoms with van der Waals surface area (Å²) >= 11 is 1.34. The molecule has 0 aliphatic carbocycles. The van der Waals surface area contributed by atoms with Crippen LogP contribution in [0.15, 0.2) is 93.0 Å². The van der Waals surface area contributed by atoms with Crippen molar-refractivity contribution in [2.45, 2.75) is 32.5 Å². The summed E-state index contributed by atoms with van der Waals surface area (Å²) in [6.07, 6.45) is -1.96. The molecule has 0 radical (unpaired) electrons. The molecule has 0 atom stereocenters. The van der Waals surface area contributed by atoms with Gasteiger partial charge in [-0.1, -0.05) is 75.0 Å². The fraction of sp³-hybridized carbons (Fsp3) is 0.207. The first-order valence-electron chi connectivity index (χ1n) is 12.4. The Balaban J connectivity index is 1.41. The summed E-state index contributed by atoms with van der Waals surface area (Å²) in [5, 5.41) is 9.04. The summed E-state index contributed by atoms with van der Waals surface area (Å²) in [7, 11) is 0. The number of carbonyl (C=O) groups is 1. The molecule has 3 aromatic rings. The van der Waals surface area contributed by atoms with Gasteiger partial charge in [0.2, 0.25) is 5.91 Å². The molecule has 1 amide bonds. The predicted octanol–water partition coefficient (Wildman–Crippen LogP) is 6.42. The van der Waals surface area contributed by atoms with E-state index in [1.807, 2.05) is 24.3 Å². The summed E-state index contributed by atoms with van der Waals surface area (Å²) in [6.45, 7) is 6.30. The van der Waals surface area contributed by atoms with E-state index in [9.17, 15) is 18.0 Å². The van der Waals surface area contributed by atoms with Gasteiger partial charge in [-0.15, -0.1) is 18.3 Å². The smallest absolute Gasteiger partial charge is 0.406 e. The molecule has 4 rings (SSSR count). The highest BCUT2D eigenvalue weighted by atomic mass is 32.2. The van der Waals surface area contributed by atoms with Crippen LogP contribution < -0.4 is 15.4 Å². The van der Waals surface area contributed by atoms with E-state index in [0.717, 1.165) is 28.9 Å². The van der Waals surface area contributed by atoms with E-state index < -0.39 is 6.36 Å². The van der Waals surface area contributed by atoms with E-state index in [-0.39, 0.29) is 22.9 Å². The molecule has 1 saturated heterocycles. The highest BCUT2D eigenvalue weighted by molar-refractivity contribution is 8.15. The third-order valence-corrected chi connectivity index (χ3v) is 6.66. The summed E-state index contributed by atoms with van der Waals surface area (Å²) in [5.74, 6) is 0.105. The van der Waals surface area contributed by atoms with Crippen LogP contribution in [0, 0.1) is 0 Å². The second-order valence-electron chi connectivity index (χ2n) is 9.83. The highest BCUT2D eigenvalue weighted by Crippen LogP contribution is 2.36. The Labute approximate surface area is 239 Å². The second kappa shape index (κ2) is 12.4. The van der Waals surface area contributed by atoms with Crippen molar-refractivity contribution in [3.63, 3.8) is 0 Å². The molecular formula is C29H27F3N6O2S. The van der Waals surface area contributed by atoms with Gasteiger partial charge in [0.25, 0.3) is 0 Å². The lowest BCUT2D eigenvalue weighted by Gasteiger charge is -2.26. The maximum absolute atomic E-state index is 12.7. The molecule has 3 aromatic carbocycles. The standard InChI is InChI=1S/C29H27F3N6O2S/c1-28(2,3)23-6-4-5-7-24(23)38-25(39)17-41-27(38)37-36-16-19-8-10-20(11-9-19)26(33)35-18-34-21-12-14-22(15-13-21)40-29(30,31)32/h4-16,18H,17H2,1-3H3,(H2,33,34,35)/b36-16-,37-27+. The lowest BCUT2D eigenvalue weighted by atomic mass is 9.85. The first kappa shape index (κ1) is 29.5. The molecule has 1 aliphatic heterocycles. The quantitative estimate of drug-likeness (QED) is 0.198. The Bertz CT molecular complexity index is 1510. The van der Waals surface area contributed by atoms with Crippen molar-refractivity contribution in [2.24, 2.45) is 25.9 Å². The van der Waals surface area contributed by atoms with E-state index >= 15 is 0 Å². The average Bonchev–Trinajstić information content (AvgIpc) is 3.28. The lowest BCUT2D eigenvalue weighted by Crippen LogP contribution is -2.31. The van der Waals surface area contributed by atoms with Gasteiger partial charge >= 0.3 is 6.36 Å². The number of rotatable bonds is 7. The molecule has 0 spiro atoms.